The summed E-state index contributed by atoms with van der Waals surface area (Å²) in [6, 6.07) is 16.0. The number of halogens is 2. The molecule has 0 aliphatic rings. The van der Waals surface area contributed by atoms with Crippen LogP contribution >= 0.6 is 23.2 Å². The Balaban J connectivity index is 1.54. The monoisotopic (exact) mass is 584 g/mol. The van der Waals surface area contributed by atoms with Gasteiger partial charge in [0.05, 0.1) is 18.3 Å². The van der Waals surface area contributed by atoms with Crippen molar-refractivity contribution in [1.82, 2.24) is 10.7 Å². The Morgan fingerprint density at radius 2 is 1.73 bits per heavy atom. The van der Waals surface area contributed by atoms with Crippen molar-refractivity contribution in [2.24, 2.45) is 5.10 Å². The van der Waals surface area contributed by atoms with E-state index in [-0.39, 0.29) is 29.7 Å². The van der Waals surface area contributed by atoms with Crippen molar-refractivity contribution < 1.29 is 23.9 Å². The standard InChI is InChI=1S/C29H30Cl2N4O5/c1-17(2)21-8-6-19(7-9-21)14-32-28(37)29(38)35-33-15-20-11-23(31)27(25(12-20)39-4)40-16-26(36)34-24-13-22(30)10-5-18(24)3/h5-13,15,17H,14,16H2,1-4H3,(H,32,37)(H,34,36)(H,35,38)/b33-15-. The van der Waals surface area contributed by atoms with E-state index >= 15 is 0 Å². The first-order valence-corrected chi connectivity index (χ1v) is 13.1. The summed E-state index contributed by atoms with van der Waals surface area (Å²) in [4.78, 5) is 36.6. The van der Waals surface area contributed by atoms with Gasteiger partial charge in [0.25, 0.3) is 5.91 Å². The molecule has 0 aromatic heterocycles. The normalized spacial score (nSPS) is 10.9. The average Bonchev–Trinajstić information content (AvgIpc) is 2.92. The van der Waals surface area contributed by atoms with Crippen molar-refractivity contribution in [3.8, 4) is 11.5 Å². The average molecular weight is 585 g/mol. The highest BCUT2D eigenvalue weighted by Gasteiger charge is 2.15. The molecule has 40 heavy (non-hydrogen) atoms. The Labute approximate surface area is 242 Å². The van der Waals surface area contributed by atoms with E-state index in [0.29, 0.717) is 22.2 Å². The fourth-order valence-electron chi connectivity index (χ4n) is 3.51. The van der Waals surface area contributed by atoms with Crippen molar-refractivity contribution >= 4 is 52.8 Å². The highest BCUT2D eigenvalue weighted by Crippen LogP contribution is 2.36. The van der Waals surface area contributed by atoms with E-state index in [0.717, 1.165) is 11.1 Å². The lowest BCUT2D eigenvalue weighted by Crippen LogP contribution is -2.37. The van der Waals surface area contributed by atoms with Crippen LogP contribution in [-0.4, -0.2) is 37.7 Å². The highest BCUT2D eigenvalue weighted by molar-refractivity contribution is 6.35. The van der Waals surface area contributed by atoms with Gasteiger partial charge < -0.3 is 20.1 Å². The van der Waals surface area contributed by atoms with Crippen molar-refractivity contribution in [3.63, 3.8) is 0 Å². The van der Waals surface area contributed by atoms with Crippen LogP contribution < -0.4 is 25.5 Å². The van der Waals surface area contributed by atoms with Crippen LogP contribution in [0, 0.1) is 6.92 Å². The largest absolute Gasteiger partial charge is 0.493 e. The number of ether oxygens (including phenoxy) is 2. The number of hydrogen-bond donors (Lipinski definition) is 3. The Morgan fingerprint density at radius 1 is 1.00 bits per heavy atom. The fraction of sp³-hybridized carbons (Fsp3) is 0.241. The van der Waals surface area contributed by atoms with Gasteiger partial charge in [-0.15, -0.1) is 0 Å². The number of carbonyl (C=O) groups is 3. The van der Waals surface area contributed by atoms with E-state index in [9.17, 15) is 14.4 Å². The number of methoxy groups -OCH3 is 1. The molecule has 0 saturated carbocycles. The maximum atomic E-state index is 12.4. The zero-order valence-corrected chi connectivity index (χ0v) is 24.0. The number of carbonyl (C=O) groups excluding carboxylic acids is 3. The first kappa shape index (κ1) is 30.5. The summed E-state index contributed by atoms with van der Waals surface area (Å²) in [6.45, 7) is 5.91. The van der Waals surface area contributed by atoms with Gasteiger partial charge >= 0.3 is 11.8 Å². The van der Waals surface area contributed by atoms with Crippen LogP contribution in [0.3, 0.4) is 0 Å². The lowest BCUT2D eigenvalue weighted by Gasteiger charge is -2.14. The molecule has 0 saturated heterocycles. The summed E-state index contributed by atoms with van der Waals surface area (Å²) in [5, 5.41) is 9.75. The molecule has 3 aromatic carbocycles. The topological polar surface area (TPSA) is 118 Å². The van der Waals surface area contributed by atoms with Crippen LogP contribution in [-0.2, 0) is 20.9 Å². The SMILES string of the molecule is COc1cc(/C=N\NC(=O)C(=O)NCc2ccc(C(C)C)cc2)cc(Cl)c1OCC(=O)Nc1cc(Cl)ccc1C. The minimum atomic E-state index is -0.922. The van der Waals surface area contributed by atoms with Gasteiger partial charge in [-0.1, -0.05) is 67.4 Å². The molecule has 0 bridgehead atoms. The zero-order chi connectivity index (χ0) is 29.2. The van der Waals surface area contributed by atoms with E-state index in [4.69, 9.17) is 32.7 Å². The van der Waals surface area contributed by atoms with Gasteiger partial charge in [-0.2, -0.15) is 5.10 Å². The minimum Gasteiger partial charge on any atom is -0.493 e. The van der Waals surface area contributed by atoms with Gasteiger partial charge in [0, 0.05) is 17.3 Å². The van der Waals surface area contributed by atoms with E-state index < -0.39 is 17.7 Å². The van der Waals surface area contributed by atoms with Gasteiger partial charge in [0.15, 0.2) is 18.1 Å². The predicted molar refractivity (Wildman–Crippen MR) is 156 cm³/mol. The molecule has 0 fully saturated rings. The van der Waals surface area contributed by atoms with E-state index in [1.807, 2.05) is 31.2 Å². The minimum absolute atomic E-state index is 0.153. The fourth-order valence-corrected chi connectivity index (χ4v) is 3.95. The third-order valence-corrected chi connectivity index (χ3v) is 6.27. The summed E-state index contributed by atoms with van der Waals surface area (Å²) in [7, 11) is 1.41. The number of anilines is 1. The Morgan fingerprint density at radius 3 is 2.40 bits per heavy atom. The van der Waals surface area contributed by atoms with Gasteiger partial charge in [-0.25, -0.2) is 5.43 Å². The van der Waals surface area contributed by atoms with Crippen LogP contribution in [0.15, 0.2) is 59.7 Å². The Bertz CT molecular complexity index is 1410. The molecule has 210 valence electrons. The van der Waals surface area contributed by atoms with Crippen LogP contribution in [0.25, 0.3) is 0 Å². The maximum Gasteiger partial charge on any atom is 0.329 e. The second-order valence-corrected chi connectivity index (χ2v) is 9.95. The number of rotatable bonds is 10. The molecule has 3 rings (SSSR count). The number of nitrogens with zero attached hydrogens (tertiary/aromatic N) is 1. The van der Waals surface area contributed by atoms with Gasteiger partial charge in [0.1, 0.15) is 0 Å². The zero-order valence-electron chi connectivity index (χ0n) is 22.5. The predicted octanol–water partition coefficient (Wildman–Crippen LogP) is 5.22. The van der Waals surface area contributed by atoms with E-state index in [1.54, 1.807) is 24.3 Å². The molecule has 11 heteroatoms. The van der Waals surface area contributed by atoms with Gasteiger partial charge in [-0.3, -0.25) is 14.4 Å². The summed E-state index contributed by atoms with van der Waals surface area (Å²) < 4.78 is 10.9. The molecule has 0 aliphatic heterocycles. The van der Waals surface area contributed by atoms with E-state index in [1.165, 1.54) is 25.0 Å². The number of nitrogens with one attached hydrogen (secondary N) is 3. The first-order chi connectivity index (χ1) is 19.1. The van der Waals surface area contributed by atoms with Crippen molar-refractivity contribution in [3.05, 3.63) is 86.9 Å². The second kappa shape index (κ2) is 14.3. The molecule has 3 aromatic rings. The number of hydrogen-bond acceptors (Lipinski definition) is 6. The summed E-state index contributed by atoms with van der Waals surface area (Å²) in [5.74, 6) is -1.35. The molecule has 0 unspecified atom stereocenters. The molecule has 3 amide bonds. The third kappa shape index (κ3) is 8.72. The highest BCUT2D eigenvalue weighted by atomic mass is 35.5. The molecule has 0 aliphatic carbocycles. The third-order valence-electron chi connectivity index (χ3n) is 5.76. The molecule has 0 atom stereocenters. The second-order valence-electron chi connectivity index (χ2n) is 9.11. The van der Waals surface area contributed by atoms with Crippen molar-refractivity contribution in [2.75, 3.05) is 19.0 Å². The van der Waals surface area contributed by atoms with Gasteiger partial charge in [-0.05, 0) is 59.4 Å². The first-order valence-electron chi connectivity index (χ1n) is 12.3. The quantitative estimate of drug-likeness (QED) is 0.171. The molecular weight excluding hydrogens is 555 g/mol. The maximum absolute atomic E-state index is 12.4. The molecule has 9 nitrogen and oxygen atoms in total. The lowest BCUT2D eigenvalue weighted by molar-refractivity contribution is -0.139. The molecule has 3 N–H and O–H groups in total. The number of aryl methyl sites for hydroxylation is 1. The summed E-state index contributed by atoms with van der Waals surface area (Å²) in [6.07, 6.45) is 1.29. The smallest absolute Gasteiger partial charge is 0.329 e. The van der Waals surface area contributed by atoms with Crippen molar-refractivity contribution in [1.29, 1.82) is 0 Å². The van der Waals surface area contributed by atoms with Crippen LogP contribution in [0.4, 0.5) is 5.69 Å². The molecule has 0 radical (unpaired) electrons. The Hall–Kier alpha value is -4.08. The van der Waals surface area contributed by atoms with Crippen LogP contribution in [0.5, 0.6) is 11.5 Å². The van der Waals surface area contributed by atoms with Crippen LogP contribution in [0.2, 0.25) is 10.0 Å². The molecular formula is C29H30Cl2N4O5. The number of amides is 3. The number of benzene rings is 3. The summed E-state index contributed by atoms with van der Waals surface area (Å²) in [5.41, 5.74) is 6.11. The summed E-state index contributed by atoms with van der Waals surface area (Å²) >= 11 is 12.4. The Kier molecular flexibility index (Phi) is 10.9. The lowest BCUT2D eigenvalue weighted by atomic mass is 10.0. The van der Waals surface area contributed by atoms with E-state index in [2.05, 4.69) is 35.0 Å². The van der Waals surface area contributed by atoms with Crippen LogP contribution in [0.1, 0.15) is 42.0 Å². The molecule has 0 spiro atoms. The molecule has 0 heterocycles. The van der Waals surface area contributed by atoms with Crippen molar-refractivity contribution in [2.45, 2.75) is 33.2 Å². The number of hydrazone groups is 1. The van der Waals surface area contributed by atoms with Gasteiger partial charge in [0.2, 0.25) is 0 Å².